The zero-order valence-electron chi connectivity index (χ0n) is 18.0. The summed E-state index contributed by atoms with van der Waals surface area (Å²) in [4.78, 5) is 11.1. The molecule has 3 aromatic rings. The fourth-order valence-electron chi connectivity index (χ4n) is 3.73. The van der Waals surface area contributed by atoms with E-state index in [1.54, 1.807) is 31.5 Å². The molecule has 1 aliphatic rings. The Hall–Kier alpha value is -2.68. The number of hydrogen-bond acceptors (Lipinski definition) is 6. The van der Waals surface area contributed by atoms with E-state index in [9.17, 15) is 8.42 Å². The summed E-state index contributed by atoms with van der Waals surface area (Å²) in [6, 6.07) is 14.7. The van der Waals surface area contributed by atoms with Crippen molar-refractivity contribution in [1.29, 1.82) is 0 Å². The zero-order valence-corrected chi connectivity index (χ0v) is 19.6. The van der Waals surface area contributed by atoms with Gasteiger partial charge in [-0.1, -0.05) is 17.7 Å². The molecule has 2 heterocycles. The highest BCUT2D eigenvalue weighted by Crippen LogP contribution is 2.28. The molecule has 1 saturated heterocycles. The van der Waals surface area contributed by atoms with E-state index in [2.05, 4.69) is 14.9 Å². The van der Waals surface area contributed by atoms with Gasteiger partial charge in [0.05, 0.1) is 17.2 Å². The summed E-state index contributed by atoms with van der Waals surface area (Å²) in [6.07, 6.45) is 1.54. The number of aromatic nitrogens is 2. The number of anilines is 1. The van der Waals surface area contributed by atoms with Crippen LogP contribution in [0.1, 0.15) is 12.5 Å². The number of rotatable bonds is 6. The van der Waals surface area contributed by atoms with E-state index < -0.39 is 10.0 Å². The first-order chi connectivity index (χ1) is 15.4. The van der Waals surface area contributed by atoms with Crippen molar-refractivity contribution in [2.75, 3.05) is 37.7 Å². The lowest BCUT2D eigenvalue weighted by Crippen LogP contribution is -2.49. The molecular formula is C23H25ClN4O3S. The van der Waals surface area contributed by atoms with Gasteiger partial charge in [-0.2, -0.15) is 4.31 Å². The van der Waals surface area contributed by atoms with Crippen LogP contribution in [0.3, 0.4) is 0 Å². The van der Waals surface area contributed by atoms with Crippen LogP contribution in [-0.4, -0.2) is 55.5 Å². The minimum atomic E-state index is -3.60. The molecule has 0 aliphatic carbocycles. The van der Waals surface area contributed by atoms with Crippen LogP contribution in [0.25, 0.3) is 11.3 Å². The molecule has 0 amide bonds. The highest BCUT2D eigenvalue weighted by atomic mass is 35.5. The Morgan fingerprint density at radius 2 is 1.75 bits per heavy atom. The Labute approximate surface area is 193 Å². The summed E-state index contributed by atoms with van der Waals surface area (Å²) < 4.78 is 33.3. The molecule has 1 aromatic heterocycles. The van der Waals surface area contributed by atoms with Gasteiger partial charge in [0.15, 0.2) is 0 Å². The van der Waals surface area contributed by atoms with Crippen molar-refractivity contribution < 1.29 is 13.2 Å². The van der Waals surface area contributed by atoms with Gasteiger partial charge in [-0.3, -0.25) is 0 Å². The molecule has 0 saturated carbocycles. The second-order valence-corrected chi connectivity index (χ2v) is 9.79. The fraction of sp³-hybridized carbons (Fsp3) is 0.304. The number of nitrogens with zero attached hydrogens (tertiary/aromatic N) is 4. The summed E-state index contributed by atoms with van der Waals surface area (Å²) in [5.41, 5.74) is 2.35. The molecule has 0 N–H and O–H groups in total. The zero-order chi connectivity index (χ0) is 22.7. The van der Waals surface area contributed by atoms with Gasteiger partial charge < -0.3 is 9.64 Å². The molecule has 9 heteroatoms. The topological polar surface area (TPSA) is 75.6 Å². The van der Waals surface area contributed by atoms with Gasteiger partial charge in [0, 0.05) is 42.8 Å². The first kappa shape index (κ1) is 22.5. The number of benzene rings is 2. The van der Waals surface area contributed by atoms with E-state index in [4.69, 9.17) is 16.3 Å². The third-order valence-electron chi connectivity index (χ3n) is 5.51. The molecule has 0 unspecified atom stereocenters. The largest absolute Gasteiger partial charge is 0.494 e. The third kappa shape index (κ3) is 4.57. The van der Waals surface area contributed by atoms with Crippen molar-refractivity contribution in [1.82, 2.24) is 14.3 Å². The van der Waals surface area contributed by atoms with Gasteiger partial charge in [-0.25, -0.2) is 18.4 Å². The molecule has 0 spiro atoms. The summed E-state index contributed by atoms with van der Waals surface area (Å²) in [6.45, 7) is 6.13. The van der Waals surface area contributed by atoms with Crippen LogP contribution in [0.4, 0.5) is 5.82 Å². The van der Waals surface area contributed by atoms with E-state index in [1.807, 2.05) is 37.3 Å². The molecule has 32 heavy (non-hydrogen) atoms. The van der Waals surface area contributed by atoms with Crippen LogP contribution < -0.4 is 9.64 Å². The van der Waals surface area contributed by atoms with Crippen molar-refractivity contribution in [3.63, 3.8) is 0 Å². The Balaban J connectivity index is 1.48. The molecule has 1 fully saturated rings. The fourth-order valence-corrected chi connectivity index (χ4v) is 5.63. The van der Waals surface area contributed by atoms with Crippen molar-refractivity contribution in [3.8, 4) is 17.0 Å². The number of sulfonamides is 1. The van der Waals surface area contributed by atoms with E-state index in [0.717, 1.165) is 22.8 Å². The van der Waals surface area contributed by atoms with Crippen LogP contribution in [0.2, 0.25) is 5.02 Å². The minimum absolute atomic E-state index is 0.262. The summed E-state index contributed by atoms with van der Waals surface area (Å²) in [7, 11) is -3.60. The average molecular weight is 473 g/mol. The van der Waals surface area contributed by atoms with Crippen molar-refractivity contribution in [2.45, 2.75) is 18.7 Å². The lowest BCUT2D eigenvalue weighted by atomic mass is 10.1. The van der Waals surface area contributed by atoms with Gasteiger partial charge >= 0.3 is 0 Å². The maximum Gasteiger partial charge on any atom is 0.243 e. The van der Waals surface area contributed by atoms with Crippen molar-refractivity contribution in [3.05, 3.63) is 65.4 Å². The van der Waals surface area contributed by atoms with Gasteiger partial charge in [0.25, 0.3) is 0 Å². The standard InChI is InChI=1S/C23H25ClN4O3S/c1-3-31-19-9-7-18(8-10-19)21-15-23(26-16-25-21)27-11-13-28(14-12-27)32(29,30)22-6-4-5-20(24)17(22)2/h4-10,15-16H,3,11-14H2,1-2H3. The predicted octanol–water partition coefficient (Wildman–Crippen LogP) is 4.02. The lowest BCUT2D eigenvalue weighted by Gasteiger charge is -2.35. The molecule has 0 atom stereocenters. The Morgan fingerprint density at radius 3 is 2.44 bits per heavy atom. The molecule has 4 rings (SSSR count). The second-order valence-electron chi connectivity index (χ2n) is 7.47. The van der Waals surface area contributed by atoms with Crippen LogP contribution in [0.5, 0.6) is 5.75 Å². The monoisotopic (exact) mass is 472 g/mol. The molecule has 168 valence electrons. The van der Waals surface area contributed by atoms with Crippen LogP contribution in [0, 0.1) is 6.92 Å². The van der Waals surface area contributed by atoms with E-state index in [0.29, 0.717) is 43.4 Å². The third-order valence-corrected chi connectivity index (χ3v) is 7.96. The number of hydrogen-bond donors (Lipinski definition) is 0. The van der Waals surface area contributed by atoms with Gasteiger partial charge in [0.2, 0.25) is 10.0 Å². The first-order valence-corrected chi connectivity index (χ1v) is 12.3. The minimum Gasteiger partial charge on any atom is -0.494 e. The normalized spacial score (nSPS) is 15.0. The molecule has 0 bridgehead atoms. The smallest absolute Gasteiger partial charge is 0.243 e. The van der Waals surface area contributed by atoms with Gasteiger partial charge in [0.1, 0.15) is 17.9 Å². The summed E-state index contributed by atoms with van der Waals surface area (Å²) in [5, 5.41) is 0.451. The highest BCUT2D eigenvalue weighted by molar-refractivity contribution is 7.89. The van der Waals surface area contributed by atoms with Crippen LogP contribution in [-0.2, 0) is 10.0 Å². The first-order valence-electron chi connectivity index (χ1n) is 10.5. The highest BCUT2D eigenvalue weighted by Gasteiger charge is 2.30. The number of halogens is 1. The Bertz CT molecular complexity index is 1190. The SMILES string of the molecule is CCOc1ccc(-c2cc(N3CCN(S(=O)(=O)c4cccc(Cl)c4C)CC3)ncn2)cc1. The molecule has 2 aromatic carbocycles. The second kappa shape index (κ2) is 9.44. The maximum absolute atomic E-state index is 13.1. The molecule has 7 nitrogen and oxygen atoms in total. The number of piperazine rings is 1. The Morgan fingerprint density at radius 1 is 1.03 bits per heavy atom. The lowest BCUT2D eigenvalue weighted by molar-refractivity contribution is 0.340. The quantitative estimate of drug-likeness (QED) is 0.539. The van der Waals surface area contributed by atoms with E-state index in [-0.39, 0.29) is 4.90 Å². The average Bonchev–Trinajstić information content (AvgIpc) is 2.81. The molecular weight excluding hydrogens is 448 g/mol. The van der Waals surface area contributed by atoms with Crippen molar-refractivity contribution >= 4 is 27.4 Å². The van der Waals surface area contributed by atoms with Gasteiger partial charge in [-0.05, 0) is 55.8 Å². The van der Waals surface area contributed by atoms with Crippen LogP contribution >= 0.6 is 11.6 Å². The molecule has 0 radical (unpaired) electrons. The molecule has 1 aliphatic heterocycles. The number of ether oxygens (including phenoxy) is 1. The Kier molecular flexibility index (Phi) is 6.64. The van der Waals surface area contributed by atoms with Crippen LogP contribution in [0.15, 0.2) is 59.8 Å². The summed E-state index contributed by atoms with van der Waals surface area (Å²) in [5.74, 6) is 1.60. The van der Waals surface area contributed by atoms with Crippen molar-refractivity contribution in [2.24, 2.45) is 0 Å². The van der Waals surface area contributed by atoms with Gasteiger partial charge in [-0.15, -0.1) is 0 Å². The van der Waals surface area contributed by atoms with E-state index >= 15 is 0 Å². The summed E-state index contributed by atoms with van der Waals surface area (Å²) >= 11 is 6.14. The predicted molar refractivity (Wildman–Crippen MR) is 126 cm³/mol. The maximum atomic E-state index is 13.1. The van der Waals surface area contributed by atoms with E-state index in [1.165, 1.54) is 4.31 Å².